The summed E-state index contributed by atoms with van der Waals surface area (Å²) in [6, 6.07) is 0. The van der Waals surface area contributed by atoms with Crippen LogP contribution in [0.4, 0.5) is 11.6 Å². The highest BCUT2D eigenvalue weighted by molar-refractivity contribution is 5.79. The van der Waals surface area contributed by atoms with Gasteiger partial charge in [0.15, 0.2) is 0 Å². The maximum absolute atomic E-state index is 13.1. The second-order valence-electron chi connectivity index (χ2n) is 9.21. The van der Waals surface area contributed by atoms with E-state index in [1.54, 1.807) is 0 Å². The van der Waals surface area contributed by atoms with Gasteiger partial charge in [0.25, 0.3) is 0 Å². The van der Waals surface area contributed by atoms with E-state index in [9.17, 15) is 4.79 Å². The number of piperidine rings is 2. The van der Waals surface area contributed by atoms with Crippen LogP contribution < -0.4 is 9.80 Å². The van der Waals surface area contributed by atoms with Crippen molar-refractivity contribution in [2.45, 2.75) is 66.0 Å². The summed E-state index contributed by atoms with van der Waals surface area (Å²) in [5, 5.41) is 4.59. The van der Waals surface area contributed by atoms with E-state index < -0.39 is 0 Å². The van der Waals surface area contributed by atoms with Crippen LogP contribution in [0, 0.1) is 19.8 Å². The summed E-state index contributed by atoms with van der Waals surface area (Å²) in [6.07, 6.45) is 9.37. The van der Waals surface area contributed by atoms with Gasteiger partial charge >= 0.3 is 0 Å². The van der Waals surface area contributed by atoms with E-state index in [1.165, 1.54) is 24.8 Å². The van der Waals surface area contributed by atoms with Crippen molar-refractivity contribution in [3.8, 4) is 0 Å². The molecule has 8 nitrogen and oxygen atoms in total. The number of aryl methyl sites for hydroxylation is 2. The third-order valence-corrected chi connectivity index (χ3v) is 7.08. The molecule has 4 rings (SSSR count). The van der Waals surface area contributed by atoms with Gasteiger partial charge in [-0.1, -0.05) is 0 Å². The molecule has 0 radical (unpaired) electrons. The molecule has 2 aromatic heterocycles. The molecule has 0 spiro atoms. The average Bonchev–Trinajstić information content (AvgIpc) is 3.12. The van der Waals surface area contributed by atoms with Gasteiger partial charge in [-0.15, -0.1) is 0 Å². The van der Waals surface area contributed by atoms with Gasteiger partial charge in [0.05, 0.1) is 23.8 Å². The molecule has 2 aliphatic rings. The van der Waals surface area contributed by atoms with Gasteiger partial charge in [-0.3, -0.25) is 9.48 Å². The number of anilines is 2. The Morgan fingerprint density at radius 3 is 2.28 bits per heavy atom. The highest BCUT2D eigenvalue weighted by Crippen LogP contribution is 2.26. The Bertz CT molecular complexity index is 909. The molecule has 32 heavy (non-hydrogen) atoms. The molecular weight excluding hydrogens is 402 g/mol. The number of carbonyl (C=O) groups excluding carboxylic acids is 1. The Morgan fingerprint density at radius 1 is 1.03 bits per heavy atom. The summed E-state index contributed by atoms with van der Waals surface area (Å²) in [6.45, 7) is 11.5. The van der Waals surface area contributed by atoms with E-state index in [1.807, 2.05) is 35.9 Å². The molecular formula is C24H37N7O. The van der Waals surface area contributed by atoms with Crippen molar-refractivity contribution in [1.29, 1.82) is 0 Å². The summed E-state index contributed by atoms with van der Waals surface area (Å²) in [5.41, 5.74) is 4.41. The van der Waals surface area contributed by atoms with Crippen molar-refractivity contribution in [3.05, 3.63) is 29.3 Å². The number of hydrogen-bond donors (Lipinski definition) is 0. The zero-order valence-corrected chi connectivity index (χ0v) is 20.0. The van der Waals surface area contributed by atoms with E-state index in [4.69, 9.17) is 0 Å². The summed E-state index contributed by atoms with van der Waals surface area (Å²) in [4.78, 5) is 28.8. The predicted molar refractivity (Wildman–Crippen MR) is 127 cm³/mol. The van der Waals surface area contributed by atoms with Crippen LogP contribution in [0.1, 0.15) is 56.0 Å². The van der Waals surface area contributed by atoms with Gasteiger partial charge in [0, 0.05) is 63.5 Å². The van der Waals surface area contributed by atoms with E-state index in [0.29, 0.717) is 6.54 Å². The highest BCUT2D eigenvalue weighted by Gasteiger charge is 2.28. The van der Waals surface area contributed by atoms with Crippen LogP contribution in [0.5, 0.6) is 0 Å². The molecule has 1 amide bonds. The van der Waals surface area contributed by atoms with E-state index in [0.717, 1.165) is 68.6 Å². The van der Waals surface area contributed by atoms with Crippen LogP contribution in [0.15, 0.2) is 12.4 Å². The Labute approximate surface area is 191 Å². The molecule has 2 fully saturated rings. The molecule has 0 bridgehead atoms. The zero-order valence-electron chi connectivity index (χ0n) is 20.0. The van der Waals surface area contributed by atoms with Crippen molar-refractivity contribution >= 4 is 17.5 Å². The first-order chi connectivity index (χ1) is 15.5. The Kier molecular flexibility index (Phi) is 6.96. The molecule has 0 unspecified atom stereocenters. The number of nitrogens with zero attached hydrogens (tertiary/aromatic N) is 7. The zero-order chi connectivity index (χ0) is 22.7. The number of rotatable bonds is 6. The van der Waals surface area contributed by atoms with E-state index >= 15 is 0 Å². The van der Waals surface area contributed by atoms with Crippen molar-refractivity contribution in [3.63, 3.8) is 0 Å². The maximum atomic E-state index is 13.1. The van der Waals surface area contributed by atoms with Crippen LogP contribution in [-0.4, -0.2) is 63.8 Å². The Balaban J connectivity index is 1.31. The smallest absolute Gasteiger partial charge is 0.225 e. The molecule has 4 heterocycles. The van der Waals surface area contributed by atoms with Crippen LogP contribution in [0.25, 0.3) is 0 Å². The number of aromatic nitrogens is 4. The first-order valence-corrected chi connectivity index (χ1v) is 12.1. The molecule has 0 saturated carbocycles. The second kappa shape index (κ2) is 9.88. The van der Waals surface area contributed by atoms with Crippen LogP contribution in [0.2, 0.25) is 0 Å². The standard InChI is InChI=1S/C24H37N7O/c1-5-31-19(3)22(18(2)27-31)17-28(4)23(32)20-9-13-29(14-10-20)21-15-25-24(26-16-21)30-11-7-6-8-12-30/h15-16,20H,5-14,17H2,1-4H3. The molecule has 0 atom stereocenters. The lowest BCUT2D eigenvalue weighted by molar-refractivity contribution is -0.135. The van der Waals surface area contributed by atoms with Gasteiger partial charge in [-0.25, -0.2) is 9.97 Å². The SMILES string of the molecule is CCn1nc(C)c(CN(C)C(=O)C2CCN(c3cnc(N4CCCCC4)nc3)CC2)c1C. The average molecular weight is 440 g/mol. The lowest BCUT2D eigenvalue weighted by Gasteiger charge is -2.34. The van der Waals surface area contributed by atoms with Gasteiger partial charge in [-0.05, 0) is 52.9 Å². The fourth-order valence-electron chi connectivity index (χ4n) is 5.02. The molecule has 0 N–H and O–H groups in total. The third kappa shape index (κ3) is 4.74. The number of amides is 1. The first kappa shape index (κ1) is 22.6. The van der Waals surface area contributed by atoms with Gasteiger partial charge in [0.1, 0.15) is 0 Å². The lowest BCUT2D eigenvalue weighted by atomic mass is 9.95. The normalized spacial score (nSPS) is 17.6. The summed E-state index contributed by atoms with van der Waals surface area (Å²) in [7, 11) is 1.92. The summed E-state index contributed by atoms with van der Waals surface area (Å²) >= 11 is 0. The van der Waals surface area contributed by atoms with Crippen LogP contribution in [0.3, 0.4) is 0 Å². The first-order valence-electron chi connectivity index (χ1n) is 12.1. The minimum atomic E-state index is 0.0756. The maximum Gasteiger partial charge on any atom is 0.225 e. The molecule has 2 aromatic rings. The minimum Gasteiger partial charge on any atom is -0.369 e. The second-order valence-corrected chi connectivity index (χ2v) is 9.21. The van der Waals surface area contributed by atoms with E-state index in [-0.39, 0.29) is 11.8 Å². The number of carbonyl (C=O) groups is 1. The van der Waals surface area contributed by atoms with Gasteiger partial charge in [-0.2, -0.15) is 5.10 Å². The van der Waals surface area contributed by atoms with Crippen molar-refractivity contribution in [2.24, 2.45) is 5.92 Å². The predicted octanol–water partition coefficient (Wildman–Crippen LogP) is 3.18. The lowest BCUT2D eigenvalue weighted by Crippen LogP contribution is -2.41. The molecule has 0 aromatic carbocycles. The molecule has 0 aliphatic carbocycles. The van der Waals surface area contributed by atoms with Crippen LogP contribution in [-0.2, 0) is 17.9 Å². The summed E-state index contributed by atoms with van der Waals surface area (Å²) < 4.78 is 2.01. The van der Waals surface area contributed by atoms with Crippen molar-refractivity contribution in [2.75, 3.05) is 43.0 Å². The molecule has 8 heteroatoms. The quantitative estimate of drug-likeness (QED) is 0.689. The van der Waals surface area contributed by atoms with Crippen LogP contribution >= 0.6 is 0 Å². The Morgan fingerprint density at radius 2 is 1.69 bits per heavy atom. The fraction of sp³-hybridized carbons (Fsp3) is 0.667. The molecule has 2 aliphatic heterocycles. The van der Waals surface area contributed by atoms with Crippen molar-refractivity contribution < 1.29 is 4.79 Å². The Hall–Kier alpha value is -2.64. The van der Waals surface area contributed by atoms with E-state index in [2.05, 4.69) is 38.7 Å². The third-order valence-electron chi connectivity index (χ3n) is 7.08. The summed E-state index contributed by atoms with van der Waals surface area (Å²) in [5.74, 6) is 1.16. The monoisotopic (exact) mass is 439 g/mol. The highest BCUT2D eigenvalue weighted by atomic mass is 16.2. The number of hydrogen-bond acceptors (Lipinski definition) is 6. The fourth-order valence-corrected chi connectivity index (χ4v) is 5.02. The largest absolute Gasteiger partial charge is 0.369 e. The molecule has 174 valence electrons. The van der Waals surface area contributed by atoms with Gasteiger partial charge in [0.2, 0.25) is 11.9 Å². The topological polar surface area (TPSA) is 70.4 Å². The minimum absolute atomic E-state index is 0.0756. The van der Waals surface area contributed by atoms with Crippen molar-refractivity contribution in [1.82, 2.24) is 24.6 Å². The molecule has 2 saturated heterocycles. The van der Waals surface area contributed by atoms with Gasteiger partial charge < -0.3 is 14.7 Å².